The zero-order chi connectivity index (χ0) is 11.4. The molecule has 0 unspecified atom stereocenters. The molecule has 0 saturated carbocycles. The molecule has 0 atom stereocenters. The van der Waals surface area contributed by atoms with Gasteiger partial charge in [-0.25, -0.2) is 0 Å². The van der Waals surface area contributed by atoms with Crippen LogP contribution in [-0.4, -0.2) is 29.3 Å². The van der Waals surface area contributed by atoms with Crippen LogP contribution in [0.25, 0.3) is 0 Å². The first-order valence-corrected chi connectivity index (χ1v) is 5.90. The fourth-order valence-corrected chi connectivity index (χ4v) is 1.81. The lowest BCUT2D eigenvalue weighted by atomic mass is 9.98. The van der Waals surface area contributed by atoms with Gasteiger partial charge in [0.2, 0.25) is 0 Å². The van der Waals surface area contributed by atoms with Gasteiger partial charge in [-0.1, -0.05) is 5.16 Å². The Kier molecular flexibility index (Phi) is 3.90. The Morgan fingerprint density at radius 3 is 2.88 bits per heavy atom. The van der Waals surface area contributed by atoms with Crippen molar-refractivity contribution in [1.29, 1.82) is 0 Å². The molecule has 1 aromatic heterocycles. The van der Waals surface area contributed by atoms with Crippen LogP contribution in [0.4, 0.5) is 0 Å². The quantitative estimate of drug-likeness (QED) is 0.840. The summed E-state index contributed by atoms with van der Waals surface area (Å²) in [6.45, 7) is 6.47. The molecule has 0 radical (unpaired) electrons. The van der Waals surface area contributed by atoms with Crippen LogP contribution in [0.2, 0.25) is 0 Å². The van der Waals surface area contributed by atoms with Crippen LogP contribution < -0.4 is 5.32 Å². The van der Waals surface area contributed by atoms with Gasteiger partial charge >= 0.3 is 0 Å². The standard InChI is InChI=1S/C11H19N3O2/c1-8(2)15-7-10-13-11(14-16-10)9-3-5-12-6-4-9/h8-9,12H,3-7H2,1-2H3. The monoisotopic (exact) mass is 225 g/mol. The van der Waals surface area contributed by atoms with E-state index in [1.165, 1.54) is 0 Å². The second-order valence-corrected chi connectivity index (χ2v) is 4.43. The van der Waals surface area contributed by atoms with Crippen LogP contribution in [0.5, 0.6) is 0 Å². The van der Waals surface area contributed by atoms with E-state index in [9.17, 15) is 0 Å². The van der Waals surface area contributed by atoms with Gasteiger partial charge in [-0.2, -0.15) is 4.98 Å². The number of rotatable bonds is 4. The molecule has 1 aliphatic heterocycles. The van der Waals surface area contributed by atoms with Crippen molar-refractivity contribution >= 4 is 0 Å². The first kappa shape index (κ1) is 11.5. The maximum absolute atomic E-state index is 5.42. The average Bonchev–Trinajstić information content (AvgIpc) is 2.76. The molecule has 1 fully saturated rings. The predicted molar refractivity (Wildman–Crippen MR) is 59.1 cm³/mol. The zero-order valence-corrected chi connectivity index (χ0v) is 9.90. The van der Waals surface area contributed by atoms with E-state index >= 15 is 0 Å². The smallest absolute Gasteiger partial charge is 0.252 e. The third-order valence-corrected chi connectivity index (χ3v) is 2.73. The third kappa shape index (κ3) is 3.02. The van der Waals surface area contributed by atoms with E-state index in [1.807, 2.05) is 13.8 Å². The van der Waals surface area contributed by atoms with Gasteiger partial charge in [0.15, 0.2) is 5.82 Å². The highest BCUT2D eigenvalue weighted by Gasteiger charge is 2.20. The van der Waals surface area contributed by atoms with Crippen LogP contribution in [0.1, 0.15) is 44.3 Å². The Hall–Kier alpha value is -0.940. The van der Waals surface area contributed by atoms with Gasteiger partial charge in [-0.05, 0) is 39.8 Å². The molecule has 2 heterocycles. The number of hydrogen-bond acceptors (Lipinski definition) is 5. The Bertz CT molecular complexity index is 319. The SMILES string of the molecule is CC(C)OCc1nc(C2CCNCC2)no1. The van der Waals surface area contributed by atoms with E-state index in [-0.39, 0.29) is 6.10 Å². The molecule has 0 aromatic carbocycles. The van der Waals surface area contributed by atoms with Gasteiger partial charge in [-0.15, -0.1) is 0 Å². The largest absolute Gasteiger partial charge is 0.369 e. The Morgan fingerprint density at radius 1 is 1.44 bits per heavy atom. The lowest BCUT2D eigenvalue weighted by molar-refractivity contribution is 0.0485. The lowest BCUT2D eigenvalue weighted by Crippen LogP contribution is -2.27. The van der Waals surface area contributed by atoms with Crippen molar-refractivity contribution in [3.05, 3.63) is 11.7 Å². The van der Waals surface area contributed by atoms with Gasteiger partial charge in [0.05, 0.1) is 6.10 Å². The van der Waals surface area contributed by atoms with E-state index in [0.717, 1.165) is 31.8 Å². The number of piperidine rings is 1. The number of ether oxygens (including phenoxy) is 1. The van der Waals surface area contributed by atoms with Crippen molar-refractivity contribution in [2.24, 2.45) is 0 Å². The minimum absolute atomic E-state index is 0.189. The normalized spacial score (nSPS) is 18.2. The highest BCUT2D eigenvalue weighted by Crippen LogP contribution is 2.22. The van der Waals surface area contributed by atoms with Crippen LogP contribution in [-0.2, 0) is 11.3 Å². The fourth-order valence-electron chi connectivity index (χ4n) is 1.81. The van der Waals surface area contributed by atoms with Crippen molar-refractivity contribution in [2.75, 3.05) is 13.1 Å². The zero-order valence-electron chi connectivity index (χ0n) is 9.90. The van der Waals surface area contributed by atoms with Crippen LogP contribution >= 0.6 is 0 Å². The van der Waals surface area contributed by atoms with Gasteiger partial charge in [-0.3, -0.25) is 0 Å². The topological polar surface area (TPSA) is 60.2 Å². The maximum atomic E-state index is 5.42. The molecule has 1 aliphatic rings. The van der Waals surface area contributed by atoms with Crippen LogP contribution in [0.3, 0.4) is 0 Å². The number of aromatic nitrogens is 2. The molecule has 2 rings (SSSR count). The van der Waals surface area contributed by atoms with Crippen molar-refractivity contribution < 1.29 is 9.26 Å². The summed E-state index contributed by atoms with van der Waals surface area (Å²) < 4.78 is 10.6. The summed E-state index contributed by atoms with van der Waals surface area (Å²) in [6.07, 6.45) is 2.36. The van der Waals surface area contributed by atoms with Crippen molar-refractivity contribution in [3.63, 3.8) is 0 Å². The van der Waals surface area contributed by atoms with Gasteiger partial charge in [0.1, 0.15) is 6.61 Å². The van der Waals surface area contributed by atoms with Crippen LogP contribution in [0.15, 0.2) is 4.52 Å². The molecular weight excluding hydrogens is 206 g/mol. The molecule has 1 N–H and O–H groups in total. The van der Waals surface area contributed by atoms with E-state index in [0.29, 0.717) is 18.4 Å². The number of nitrogens with zero attached hydrogens (tertiary/aromatic N) is 2. The minimum Gasteiger partial charge on any atom is -0.369 e. The minimum atomic E-state index is 0.189. The first-order chi connectivity index (χ1) is 7.75. The molecule has 0 aliphatic carbocycles. The van der Waals surface area contributed by atoms with E-state index < -0.39 is 0 Å². The Morgan fingerprint density at radius 2 is 2.19 bits per heavy atom. The molecular formula is C11H19N3O2. The third-order valence-electron chi connectivity index (χ3n) is 2.73. The molecule has 5 heteroatoms. The second-order valence-electron chi connectivity index (χ2n) is 4.43. The summed E-state index contributed by atoms with van der Waals surface area (Å²) >= 11 is 0. The molecule has 1 saturated heterocycles. The van der Waals surface area contributed by atoms with Crippen molar-refractivity contribution in [3.8, 4) is 0 Å². The highest BCUT2D eigenvalue weighted by molar-refractivity contribution is 4.97. The molecule has 5 nitrogen and oxygen atoms in total. The molecule has 16 heavy (non-hydrogen) atoms. The van der Waals surface area contributed by atoms with Crippen molar-refractivity contribution in [2.45, 2.75) is 45.3 Å². The Balaban J connectivity index is 1.90. The summed E-state index contributed by atoms with van der Waals surface area (Å²) in [7, 11) is 0. The summed E-state index contributed by atoms with van der Waals surface area (Å²) in [5, 5.41) is 7.34. The molecule has 90 valence electrons. The fraction of sp³-hybridized carbons (Fsp3) is 0.818. The van der Waals surface area contributed by atoms with E-state index in [2.05, 4.69) is 15.5 Å². The second kappa shape index (κ2) is 5.41. The molecule has 0 bridgehead atoms. The average molecular weight is 225 g/mol. The number of nitrogens with one attached hydrogen (secondary N) is 1. The van der Waals surface area contributed by atoms with Crippen LogP contribution in [0, 0.1) is 0 Å². The lowest BCUT2D eigenvalue weighted by Gasteiger charge is -2.18. The molecule has 0 spiro atoms. The Labute approximate surface area is 95.6 Å². The summed E-state index contributed by atoms with van der Waals surface area (Å²) in [6, 6.07) is 0. The number of hydrogen-bond donors (Lipinski definition) is 1. The van der Waals surface area contributed by atoms with Gasteiger partial charge < -0.3 is 14.6 Å². The highest BCUT2D eigenvalue weighted by atomic mass is 16.5. The van der Waals surface area contributed by atoms with E-state index in [1.54, 1.807) is 0 Å². The van der Waals surface area contributed by atoms with Gasteiger partial charge in [0, 0.05) is 5.92 Å². The maximum Gasteiger partial charge on any atom is 0.252 e. The first-order valence-electron chi connectivity index (χ1n) is 5.90. The van der Waals surface area contributed by atoms with Crippen molar-refractivity contribution in [1.82, 2.24) is 15.5 Å². The summed E-state index contributed by atoms with van der Waals surface area (Å²) in [5.74, 6) is 1.86. The van der Waals surface area contributed by atoms with Gasteiger partial charge in [0.25, 0.3) is 5.89 Å². The molecule has 0 amide bonds. The predicted octanol–water partition coefficient (Wildman–Crippen LogP) is 1.46. The van der Waals surface area contributed by atoms with E-state index in [4.69, 9.17) is 9.26 Å². The summed E-state index contributed by atoms with van der Waals surface area (Å²) in [5.41, 5.74) is 0. The molecule has 1 aromatic rings. The summed E-state index contributed by atoms with van der Waals surface area (Å²) in [4.78, 5) is 4.38.